The van der Waals surface area contributed by atoms with Crippen LogP contribution in [0.1, 0.15) is 408 Å². The summed E-state index contributed by atoms with van der Waals surface area (Å²) in [7, 11) is -9.92. The molecule has 0 rings (SSSR count). The fourth-order valence-corrected chi connectivity index (χ4v) is 13.7. The third-order valence-corrected chi connectivity index (χ3v) is 20.3. The number of unbranched alkanes of at least 4 members (excludes halogenated alkanes) is 45. The van der Waals surface area contributed by atoms with Crippen molar-refractivity contribution in [1.82, 2.24) is 0 Å². The molecule has 0 heterocycles. The van der Waals surface area contributed by atoms with Crippen LogP contribution in [0, 0.1) is 17.8 Å². The number of phosphoric ester groups is 2. The molecular weight excluding hydrogens is 1280 g/mol. The van der Waals surface area contributed by atoms with Crippen molar-refractivity contribution in [3.05, 3.63) is 0 Å². The SMILES string of the molecule is CCCCCCCCCCCCCCCCC(=O)O[C@H](COC(=O)CCCCCCCCCCC(C)C)COP(=O)(O)OC[C@H](O)COP(=O)(O)OC[C@@H](COC(=O)CCCCCCCCCCCCCCCC(C)C)OC(=O)CCCCCCCCCCCCCCCCC(C)C. The molecule has 2 unspecified atom stereocenters. The van der Waals surface area contributed by atoms with Crippen LogP contribution in [0.2, 0.25) is 0 Å². The Hall–Kier alpha value is -1.94. The maximum absolute atomic E-state index is 13.1. The summed E-state index contributed by atoms with van der Waals surface area (Å²) >= 11 is 0. The van der Waals surface area contributed by atoms with Gasteiger partial charge < -0.3 is 33.8 Å². The average molecular weight is 1440 g/mol. The summed E-state index contributed by atoms with van der Waals surface area (Å²) in [6.45, 7) is 11.9. The molecule has 0 aromatic carbocycles. The second-order valence-electron chi connectivity index (χ2n) is 29.9. The van der Waals surface area contributed by atoms with E-state index in [2.05, 4.69) is 48.5 Å². The van der Waals surface area contributed by atoms with Gasteiger partial charge >= 0.3 is 39.5 Å². The maximum Gasteiger partial charge on any atom is 0.472 e. The predicted molar refractivity (Wildman–Crippen MR) is 400 cm³/mol. The van der Waals surface area contributed by atoms with Crippen molar-refractivity contribution in [3.63, 3.8) is 0 Å². The second-order valence-corrected chi connectivity index (χ2v) is 32.8. The van der Waals surface area contributed by atoms with Gasteiger partial charge in [-0.25, -0.2) is 9.13 Å². The number of aliphatic hydroxyl groups excluding tert-OH is 1. The van der Waals surface area contributed by atoms with E-state index in [-0.39, 0.29) is 25.7 Å². The zero-order chi connectivity index (χ0) is 72.3. The Bertz CT molecular complexity index is 1900. The number of rotatable bonds is 77. The molecule has 0 fully saturated rings. The molecule has 3 N–H and O–H groups in total. The number of hydrogen-bond donors (Lipinski definition) is 3. The Morgan fingerprint density at radius 1 is 0.276 bits per heavy atom. The molecule has 0 saturated carbocycles. The smallest absolute Gasteiger partial charge is 0.462 e. The zero-order valence-corrected chi connectivity index (χ0v) is 66.0. The highest BCUT2D eigenvalue weighted by Crippen LogP contribution is 2.45. The molecule has 582 valence electrons. The third kappa shape index (κ3) is 72.4. The molecule has 0 aliphatic carbocycles. The topological polar surface area (TPSA) is 237 Å². The molecule has 0 aromatic heterocycles. The van der Waals surface area contributed by atoms with E-state index >= 15 is 0 Å². The van der Waals surface area contributed by atoms with Gasteiger partial charge in [0.2, 0.25) is 0 Å². The molecule has 0 saturated heterocycles. The van der Waals surface area contributed by atoms with Gasteiger partial charge in [0.25, 0.3) is 0 Å². The molecule has 0 aromatic rings. The molecular formula is C79H154O17P2. The van der Waals surface area contributed by atoms with Gasteiger partial charge in [-0.3, -0.25) is 37.3 Å². The van der Waals surface area contributed by atoms with E-state index in [0.717, 1.165) is 108 Å². The van der Waals surface area contributed by atoms with Crippen molar-refractivity contribution in [3.8, 4) is 0 Å². The van der Waals surface area contributed by atoms with Crippen molar-refractivity contribution < 1.29 is 80.2 Å². The molecule has 0 radical (unpaired) electrons. The number of phosphoric acid groups is 2. The van der Waals surface area contributed by atoms with Crippen LogP contribution in [-0.2, 0) is 65.4 Å². The standard InChI is InChI=1S/C79H154O17P2/c1-8-9-10-11-12-13-14-15-21-27-32-41-48-55-62-78(83)96-75(67-90-77(82)61-54-47-40-35-34-38-45-52-59-72(6)7)69-94-98(87,88)92-65-73(80)64-91-97(85,86)93-68-74(66-89-76(81)60-53-46-39-31-26-23-18-20-25-30-37-44-51-58-71(4)5)95-79(84)63-56-49-42-33-28-22-17-16-19-24-29-36-43-50-57-70(2)3/h70-75,80H,8-69H2,1-7H3,(H,85,86)(H,87,88)/t73-,74-,75-/m1/s1. The molecule has 0 aliphatic rings. The van der Waals surface area contributed by atoms with E-state index in [9.17, 15) is 43.2 Å². The van der Waals surface area contributed by atoms with Gasteiger partial charge in [-0.15, -0.1) is 0 Å². The lowest BCUT2D eigenvalue weighted by Crippen LogP contribution is -2.30. The minimum atomic E-state index is -4.96. The lowest BCUT2D eigenvalue weighted by molar-refractivity contribution is -0.161. The normalized spacial score (nSPS) is 14.0. The Morgan fingerprint density at radius 2 is 0.469 bits per heavy atom. The van der Waals surface area contributed by atoms with E-state index < -0.39 is 97.5 Å². The Labute approximate surface area is 600 Å². The highest BCUT2D eigenvalue weighted by molar-refractivity contribution is 7.47. The van der Waals surface area contributed by atoms with Gasteiger partial charge in [0.1, 0.15) is 19.3 Å². The van der Waals surface area contributed by atoms with Crippen LogP contribution in [-0.4, -0.2) is 96.7 Å². The third-order valence-electron chi connectivity index (χ3n) is 18.4. The first-order valence-corrected chi connectivity index (χ1v) is 43.8. The van der Waals surface area contributed by atoms with E-state index in [1.165, 1.54) is 218 Å². The largest absolute Gasteiger partial charge is 0.472 e. The fourth-order valence-electron chi connectivity index (χ4n) is 12.1. The number of carbonyl (C=O) groups is 4. The lowest BCUT2D eigenvalue weighted by atomic mass is 10.0. The van der Waals surface area contributed by atoms with Crippen molar-refractivity contribution in [1.29, 1.82) is 0 Å². The second kappa shape index (κ2) is 69.4. The first-order valence-electron chi connectivity index (χ1n) is 40.8. The van der Waals surface area contributed by atoms with Crippen molar-refractivity contribution in [2.24, 2.45) is 17.8 Å². The van der Waals surface area contributed by atoms with Gasteiger partial charge in [0, 0.05) is 25.7 Å². The molecule has 17 nitrogen and oxygen atoms in total. The summed E-state index contributed by atoms with van der Waals surface area (Å²) < 4.78 is 68.7. The van der Waals surface area contributed by atoms with Crippen molar-refractivity contribution >= 4 is 39.5 Å². The molecule has 0 spiro atoms. The van der Waals surface area contributed by atoms with Crippen LogP contribution in [0.3, 0.4) is 0 Å². The van der Waals surface area contributed by atoms with Crippen LogP contribution in [0.15, 0.2) is 0 Å². The van der Waals surface area contributed by atoms with Crippen LogP contribution >= 0.6 is 15.6 Å². The van der Waals surface area contributed by atoms with Crippen LogP contribution in [0.5, 0.6) is 0 Å². The van der Waals surface area contributed by atoms with Gasteiger partial charge in [-0.2, -0.15) is 0 Å². The molecule has 98 heavy (non-hydrogen) atoms. The molecule has 0 amide bonds. The summed E-state index contributed by atoms with van der Waals surface area (Å²) in [6.07, 6.45) is 56.8. The summed E-state index contributed by atoms with van der Waals surface area (Å²) in [5.74, 6) is 0.201. The summed E-state index contributed by atoms with van der Waals surface area (Å²) in [6, 6.07) is 0. The van der Waals surface area contributed by atoms with Crippen LogP contribution in [0.25, 0.3) is 0 Å². The number of hydrogen-bond acceptors (Lipinski definition) is 15. The van der Waals surface area contributed by atoms with Crippen LogP contribution < -0.4 is 0 Å². The minimum absolute atomic E-state index is 0.107. The predicted octanol–water partition coefficient (Wildman–Crippen LogP) is 23.4. The Kier molecular flexibility index (Phi) is 68.1. The molecule has 5 atom stereocenters. The first kappa shape index (κ1) is 96.1. The van der Waals surface area contributed by atoms with E-state index in [1.54, 1.807) is 0 Å². The van der Waals surface area contributed by atoms with Gasteiger partial charge in [0.05, 0.1) is 26.4 Å². The number of carbonyl (C=O) groups excluding carboxylic acids is 4. The van der Waals surface area contributed by atoms with Gasteiger partial charge in [-0.1, -0.05) is 357 Å². The van der Waals surface area contributed by atoms with E-state index in [4.69, 9.17) is 37.0 Å². The molecule has 19 heteroatoms. The number of ether oxygens (including phenoxy) is 4. The summed E-state index contributed by atoms with van der Waals surface area (Å²) in [4.78, 5) is 73.0. The van der Waals surface area contributed by atoms with E-state index in [1.807, 2.05) is 0 Å². The quantitative estimate of drug-likeness (QED) is 0.0222. The minimum Gasteiger partial charge on any atom is -0.462 e. The van der Waals surface area contributed by atoms with Gasteiger partial charge in [-0.05, 0) is 43.4 Å². The number of aliphatic hydroxyl groups is 1. The first-order chi connectivity index (χ1) is 47.2. The fraction of sp³-hybridized carbons (Fsp3) is 0.949. The lowest BCUT2D eigenvalue weighted by Gasteiger charge is -2.21. The maximum atomic E-state index is 13.1. The number of esters is 4. The summed E-state index contributed by atoms with van der Waals surface area (Å²) in [5.41, 5.74) is 0. The van der Waals surface area contributed by atoms with E-state index in [0.29, 0.717) is 25.7 Å². The van der Waals surface area contributed by atoms with Crippen molar-refractivity contribution in [2.75, 3.05) is 39.6 Å². The highest BCUT2D eigenvalue weighted by Gasteiger charge is 2.30. The zero-order valence-electron chi connectivity index (χ0n) is 64.3. The summed E-state index contributed by atoms with van der Waals surface area (Å²) in [5, 5.41) is 10.6. The highest BCUT2D eigenvalue weighted by atomic mass is 31.2. The molecule has 0 aliphatic heterocycles. The van der Waals surface area contributed by atoms with Gasteiger partial charge in [0.15, 0.2) is 12.2 Å². The van der Waals surface area contributed by atoms with Crippen molar-refractivity contribution in [2.45, 2.75) is 426 Å². The Balaban J connectivity index is 5.26. The monoisotopic (exact) mass is 1440 g/mol. The average Bonchev–Trinajstić information content (AvgIpc) is 0.979. The molecule has 0 bridgehead atoms. The van der Waals surface area contributed by atoms with Crippen LogP contribution in [0.4, 0.5) is 0 Å². The Morgan fingerprint density at radius 3 is 0.694 bits per heavy atom.